The molecule has 2 aromatic rings. The number of ether oxygens (including phenoxy) is 1. The minimum Gasteiger partial charge on any atom is -0.450 e. The van der Waals surface area contributed by atoms with E-state index in [1.165, 1.54) is 77.0 Å². The molecule has 1 aromatic heterocycles. The quantitative estimate of drug-likeness (QED) is 0.260. The second-order valence-electron chi connectivity index (χ2n) is 7.87. The first-order chi connectivity index (χ1) is 14.2. The van der Waals surface area contributed by atoms with Crippen LogP contribution in [0.2, 0.25) is 5.02 Å². The van der Waals surface area contributed by atoms with Crippen molar-refractivity contribution in [3.05, 3.63) is 33.6 Å². The van der Waals surface area contributed by atoms with Gasteiger partial charge in [0, 0.05) is 5.02 Å². The lowest BCUT2D eigenvalue weighted by Crippen LogP contribution is -2.06. The summed E-state index contributed by atoms with van der Waals surface area (Å²) < 4.78 is 10.6. The van der Waals surface area contributed by atoms with Crippen LogP contribution >= 0.6 is 11.6 Å². The number of unbranched alkanes of at least 4 members (excludes halogenated alkanes) is 13. The van der Waals surface area contributed by atoms with Crippen LogP contribution in [-0.2, 0) is 0 Å². The van der Waals surface area contributed by atoms with Crippen LogP contribution in [0.5, 0.6) is 6.08 Å². The molecule has 4 nitrogen and oxygen atoms in total. The Bertz CT molecular complexity index is 759. The van der Waals surface area contributed by atoms with Crippen LogP contribution < -0.4 is 10.4 Å². The molecule has 0 aliphatic heterocycles. The minimum absolute atomic E-state index is 0.0412. The van der Waals surface area contributed by atoms with Gasteiger partial charge in [0.15, 0.2) is 0 Å². The van der Waals surface area contributed by atoms with E-state index in [0.717, 1.165) is 12.8 Å². The highest BCUT2D eigenvalue weighted by Crippen LogP contribution is 2.18. The number of hydrogen-bond acceptors (Lipinski definition) is 4. The molecular weight excluding hydrogens is 386 g/mol. The third-order valence-electron chi connectivity index (χ3n) is 5.29. The molecule has 0 fully saturated rings. The van der Waals surface area contributed by atoms with Gasteiger partial charge in [-0.25, -0.2) is 4.79 Å². The van der Waals surface area contributed by atoms with E-state index < -0.39 is 5.63 Å². The molecule has 0 spiro atoms. The van der Waals surface area contributed by atoms with E-state index in [4.69, 9.17) is 20.8 Å². The van der Waals surface area contributed by atoms with E-state index in [0.29, 0.717) is 22.5 Å². The van der Waals surface area contributed by atoms with Crippen LogP contribution in [0.3, 0.4) is 0 Å². The molecule has 1 aromatic carbocycles. The maximum Gasteiger partial charge on any atom is 0.397 e. The van der Waals surface area contributed by atoms with Crippen molar-refractivity contribution in [2.75, 3.05) is 6.61 Å². The van der Waals surface area contributed by atoms with Gasteiger partial charge in [-0.3, -0.25) is 0 Å². The molecule has 2 rings (SSSR count). The molecule has 0 unspecified atom stereocenters. The maximum atomic E-state index is 12.0. The third-order valence-corrected chi connectivity index (χ3v) is 5.53. The monoisotopic (exact) mass is 421 g/mol. The summed E-state index contributed by atoms with van der Waals surface area (Å²) in [5.74, 6) is 0. The summed E-state index contributed by atoms with van der Waals surface area (Å²) in [5.41, 5.74) is 0.0788. The number of aromatic nitrogens is 1. The van der Waals surface area contributed by atoms with Gasteiger partial charge in [0.2, 0.25) is 0 Å². The van der Waals surface area contributed by atoms with E-state index in [9.17, 15) is 4.79 Å². The second kappa shape index (κ2) is 14.4. The second-order valence-corrected chi connectivity index (χ2v) is 8.31. The Morgan fingerprint density at radius 1 is 0.862 bits per heavy atom. The van der Waals surface area contributed by atoms with Crippen molar-refractivity contribution in [2.45, 2.75) is 96.8 Å². The van der Waals surface area contributed by atoms with E-state index >= 15 is 0 Å². The van der Waals surface area contributed by atoms with Crippen LogP contribution in [0.1, 0.15) is 96.8 Å². The fourth-order valence-corrected chi connectivity index (χ4v) is 3.71. The van der Waals surface area contributed by atoms with E-state index in [1.54, 1.807) is 18.2 Å². The van der Waals surface area contributed by atoms with Gasteiger partial charge >= 0.3 is 11.7 Å². The topological polar surface area (TPSA) is 52.3 Å². The zero-order valence-electron chi connectivity index (χ0n) is 17.9. The Hall–Kier alpha value is -1.55. The van der Waals surface area contributed by atoms with Gasteiger partial charge in [-0.15, -0.1) is 0 Å². The first-order valence-corrected chi connectivity index (χ1v) is 11.8. The average molecular weight is 422 g/mol. The molecule has 162 valence electrons. The van der Waals surface area contributed by atoms with Crippen molar-refractivity contribution in [1.82, 2.24) is 4.98 Å². The zero-order valence-corrected chi connectivity index (χ0v) is 18.6. The fourth-order valence-electron chi connectivity index (χ4n) is 3.54. The van der Waals surface area contributed by atoms with Crippen LogP contribution in [0.4, 0.5) is 0 Å². The first kappa shape index (κ1) is 23.7. The molecule has 5 heteroatoms. The lowest BCUT2D eigenvalue weighted by Gasteiger charge is -2.05. The highest BCUT2D eigenvalue weighted by atomic mass is 35.5. The Balaban J connectivity index is 1.46. The van der Waals surface area contributed by atoms with E-state index in [-0.39, 0.29) is 6.08 Å². The summed E-state index contributed by atoms with van der Waals surface area (Å²) >= 11 is 5.90. The van der Waals surface area contributed by atoms with Crippen molar-refractivity contribution < 1.29 is 9.15 Å². The predicted octanol–water partition coefficient (Wildman–Crippen LogP) is 7.70. The number of benzene rings is 1. The largest absolute Gasteiger partial charge is 0.450 e. The summed E-state index contributed by atoms with van der Waals surface area (Å²) in [7, 11) is 0. The SMILES string of the molecule is CCCCCCCCCCCCCCCCOc1nc2ccc(Cl)cc2c(=O)o1. The molecule has 0 aliphatic rings. The average Bonchev–Trinajstić information content (AvgIpc) is 2.71. The lowest BCUT2D eigenvalue weighted by molar-refractivity contribution is 0.211. The summed E-state index contributed by atoms with van der Waals surface area (Å²) in [5, 5.41) is 0.865. The van der Waals surface area contributed by atoms with Gasteiger partial charge in [-0.1, -0.05) is 102 Å². The molecule has 0 saturated carbocycles. The Kier molecular flexibility index (Phi) is 11.8. The number of halogens is 1. The first-order valence-electron chi connectivity index (χ1n) is 11.4. The number of hydrogen-bond donors (Lipinski definition) is 0. The van der Waals surface area contributed by atoms with Crippen molar-refractivity contribution >= 4 is 22.5 Å². The summed E-state index contributed by atoms with van der Waals surface area (Å²) in [6.07, 6.45) is 18.5. The van der Waals surface area contributed by atoms with Crippen molar-refractivity contribution in [3.63, 3.8) is 0 Å². The van der Waals surface area contributed by atoms with Gasteiger partial charge in [-0.05, 0) is 24.6 Å². The third kappa shape index (κ3) is 9.66. The lowest BCUT2D eigenvalue weighted by atomic mass is 10.0. The molecule has 0 saturated heterocycles. The normalized spacial score (nSPS) is 11.2. The predicted molar refractivity (Wildman–Crippen MR) is 121 cm³/mol. The molecule has 0 aliphatic carbocycles. The highest BCUT2D eigenvalue weighted by molar-refractivity contribution is 6.31. The summed E-state index contributed by atoms with van der Waals surface area (Å²) in [6, 6.07) is 4.97. The molecular formula is C24H36ClNO3. The van der Waals surface area contributed by atoms with Gasteiger partial charge in [0.05, 0.1) is 17.5 Å². The molecule has 0 atom stereocenters. The summed E-state index contributed by atoms with van der Waals surface area (Å²) in [4.78, 5) is 16.2. The number of fused-ring (bicyclic) bond motifs is 1. The van der Waals surface area contributed by atoms with Crippen molar-refractivity contribution in [1.29, 1.82) is 0 Å². The Morgan fingerprint density at radius 3 is 2.00 bits per heavy atom. The zero-order chi connectivity index (χ0) is 20.7. The smallest absolute Gasteiger partial charge is 0.397 e. The fraction of sp³-hybridized carbons (Fsp3) is 0.667. The van der Waals surface area contributed by atoms with Gasteiger partial charge < -0.3 is 9.15 Å². The van der Waals surface area contributed by atoms with Gasteiger partial charge in [0.25, 0.3) is 0 Å². The van der Waals surface area contributed by atoms with Gasteiger partial charge in [-0.2, -0.15) is 4.98 Å². The molecule has 0 N–H and O–H groups in total. The maximum absolute atomic E-state index is 12.0. The number of nitrogens with zero attached hydrogens (tertiary/aromatic N) is 1. The Morgan fingerprint density at radius 2 is 1.41 bits per heavy atom. The highest BCUT2D eigenvalue weighted by Gasteiger charge is 2.07. The summed E-state index contributed by atoms with van der Waals surface area (Å²) in [6.45, 7) is 2.79. The van der Waals surface area contributed by atoms with Crippen LogP contribution in [0, 0.1) is 0 Å². The standard InChI is InChI=1S/C24H36ClNO3/c1-2-3-4-5-6-7-8-9-10-11-12-13-14-15-18-28-24-26-22-17-16-20(25)19-21(22)23(27)29-24/h16-17,19H,2-15,18H2,1H3. The van der Waals surface area contributed by atoms with Crippen molar-refractivity contribution in [3.8, 4) is 6.08 Å². The van der Waals surface area contributed by atoms with Crippen LogP contribution in [0.15, 0.2) is 27.4 Å². The molecule has 0 bridgehead atoms. The molecule has 0 radical (unpaired) electrons. The molecule has 1 heterocycles. The van der Waals surface area contributed by atoms with Gasteiger partial charge in [0.1, 0.15) is 0 Å². The number of rotatable bonds is 16. The minimum atomic E-state index is -0.464. The van der Waals surface area contributed by atoms with E-state index in [1.807, 2.05) is 0 Å². The van der Waals surface area contributed by atoms with Crippen LogP contribution in [-0.4, -0.2) is 11.6 Å². The van der Waals surface area contributed by atoms with Crippen molar-refractivity contribution in [2.24, 2.45) is 0 Å². The van der Waals surface area contributed by atoms with Crippen LogP contribution in [0.25, 0.3) is 10.9 Å². The molecule has 29 heavy (non-hydrogen) atoms. The molecule has 0 amide bonds. The van der Waals surface area contributed by atoms with E-state index in [2.05, 4.69) is 11.9 Å². The Labute approximate surface area is 180 Å².